The lowest BCUT2D eigenvalue weighted by Gasteiger charge is -2.07. The minimum absolute atomic E-state index is 0.377. The van der Waals surface area contributed by atoms with Crippen LogP contribution in [0.15, 0.2) is 4.90 Å². The second kappa shape index (κ2) is 3.76. The number of aromatic nitrogens is 2. The molecule has 0 aliphatic carbocycles. The fourth-order valence-corrected chi connectivity index (χ4v) is 1.92. The molecule has 0 radical (unpaired) electrons. The molecule has 0 atom stereocenters. The van der Waals surface area contributed by atoms with Crippen molar-refractivity contribution in [1.82, 2.24) is 9.97 Å². The second-order valence-electron chi connectivity index (χ2n) is 2.50. The molecule has 1 aromatic heterocycles. The van der Waals surface area contributed by atoms with E-state index in [0.717, 1.165) is 22.7 Å². The average Bonchev–Trinajstić information content (AvgIpc) is 2.03. The fourth-order valence-electron chi connectivity index (χ4n) is 1.15. The van der Waals surface area contributed by atoms with Gasteiger partial charge in [0.15, 0.2) is 0 Å². The number of hydrogen-bond donors (Lipinski definition) is 1. The number of nitrogens with zero attached hydrogens (tertiary/aromatic N) is 2. The first-order chi connectivity index (χ1) is 5.69. The highest BCUT2D eigenvalue weighted by atomic mass is 32.2. The van der Waals surface area contributed by atoms with Crippen molar-refractivity contribution in [2.45, 2.75) is 25.2 Å². The van der Waals surface area contributed by atoms with Crippen LogP contribution in [0.3, 0.4) is 0 Å². The monoisotopic (exact) mass is 183 g/mol. The molecule has 0 aliphatic rings. The molecule has 1 rings (SSSR count). The highest BCUT2D eigenvalue weighted by molar-refractivity contribution is 7.98. The molecule has 3 nitrogen and oxygen atoms in total. The Kier molecular flexibility index (Phi) is 2.92. The van der Waals surface area contributed by atoms with Gasteiger partial charge in [0.05, 0.1) is 16.3 Å². The van der Waals surface area contributed by atoms with Crippen molar-refractivity contribution in [3.63, 3.8) is 0 Å². The number of nitrogen functional groups attached to an aromatic ring is 1. The van der Waals surface area contributed by atoms with Crippen molar-refractivity contribution in [2.75, 3.05) is 12.0 Å². The predicted molar refractivity (Wildman–Crippen MR) is 52.3 cm³/mol. The number of hydrogen-bond acceptors (Lipinski definition) is 4. The zero-order valence-electron chi connectivity index (χ0n) is 7.59. The van der Waals surface area contributed by atoms with Crippen LogP contribution in [0, 0.1) is 6.92 Å². The van der Waals surface area contributed by atoms with Crippen molar-refractivity contribution >= 4 is 17.7 Å². The van der Waals surface area contributed by atoms with Crippen LogP contribution >= 0.6 is 11.8 Å². The van der Waals surface area contributed by atoms with E-state index in [0.29, 0.717) is 5.95 Å². The van der Waals surface area contributed by atoms with Gasteiger partial charge in [0.25, 0.3) is 0 Å². The lowest BCUT2D eigenvalue weighted by molar-refractivity contribution is 0.920. The smallest absolute Gasteiger partial charge is 0.220 e. The molecule has 12 heavy (non-hydrogen) atoms. The van der Waals surface area contributed by atoms with Gasteiger partial charge in [-0.3, -0.25) is 0 Å². The molecule has 0 bridgehead atoms. The standard InChI is InChI=1S/C8H13N3S/c1-4-6-7(12-3)5(2)10-8(9)11-6/h4H2,1-3H3,(H2,9,10,11). The third kappa shape index (κ3) is 1.69. The first-order valence-corrected chi connectivity index (χ1v) is 5.08. The first-order valence-electron chi connectivity index (χ1n) is 3.86. The molecule has 1 aromatic rings. The van der Waals surface area contributed by atoms with Crippen LogP contribution in [0.2, 0.25) is 0 Å². The molecular weight excluding hydrogens is 170 g/mol. The average molecular weight is 183 g/mol. The number of anilines is 1. The van der Waals surface area contributed by atoms with E-state index in [2.05, 4.69) is 16.9 Å². The van der Waals surface area contributed by atoms with Crippen LogP contribution in [0.4, 0.5) is 5.95 Å². The van der Waals surface area contributed by atoms with Crippen LogP contribution in [0.1, 0.15) is 18.3 Å². The number of aryl methyl sites for hydroxylation is 2. The minimum atomic E-state index is 0.377. The van der Waals surface area contributed by atoms with E-state index in [1.807, 2.05) is 13.2 Å². The fraction of sp³-hybridized carbons (Fsp3) is 0.500. The van der Waals surface area contributed by atoms with Gasteiger partial charge in [0, 0.05) is 0 Å². The quantitative estimate of drug-likeness (QED) is 0.708. The minimum Gasteiger partial charge on any atom is -0.368 e. The number of thioether (sulfide) groups is 1. The van der Waals surface area contributed by atoms with Crippen LogP contribution in [0.25, 0.3) is 0 Å². The SMILES string of the molecule is CCc1nc(N)nc(C)c1SC. The number of nitrogens with two attached hydrogens (primary N) is 1. The maximum Gasteiger partial charge on any atom is 0.220 e. The Balaban J connectivity index is 3.24. The van der Waals surface area contributed by atoms with Gasteiger partial charge in [-0.25, -0.2) is 9.97 Å². The lowest BCUT2D eigenvalue weighted by atomic mass is 10.3. The molecule has 0 aromatic carbocycles. The summed E-state index contributed by atoms with van der Waals surface area (Å²) in [6.07, 6.45) is 2.94. The van der Waals surface area contributed by atoms with Crippen LogP contribution in [0.5, 0.6) is 0 Å². The second-order valence-corrected chi connectivity index (χ2v) is 3.32. The lowest BCUT2D eigenvalue weighted by Crippen LogP contribution is -2.03. The molecule has 4 heteroatoms. The van der Waals surface area contributed by atoms with Crippen LogP contribution in [-0.4, -0.2) is 16.2 Å². The van der Waals surface area contributed by atoms with Gasteiger partial charge in [0.2, 0.25) is 5.95 Å². The molecule has 1 heterocycles. The summed E-state index contributed by atoms with van der Waals surface area (Å²) in [5.74, 6) is 0.377. The molecule has 0 aliphatic heterocycles. The van der Waals surface area contributed by atoms with Gasteiger partial charge >= 0.3 is 0 Å². The third-order valence-electron chi connectivity index (χ3n) is 1.66. The summed E-state index contributed by atoms with van der Waals surface area (Å²) in [6.45, 7) is 4.03. The summed E-state index contributed by atoms with van der Waals surface area (Å²) in [5, 5.41) is 0. The van der Waals surface area contributed by atoms with Gasteiger partial charge in [-0.1, -0.05) is 6.92 Å². The Hall–Kier alpha value is -0.770. The van der Waals surface area contributed by atoms with Gasteiger partial charge in [-0.2, -0.15) is 0 Å². The Morgan fingerprint density at radius 2 is 2.08 bits per heavy atom. The van der Waals surface area contributed by atoms with Crippen LogP contribution in [-0.2, 0) is 6.42 Å². The van der Waals surface area contributed by atoms with Crippen molar-refractivity contribution in [3.05, 3.63) is 11.4 Å². The Morgan fingerprint density at radius 3 is 2.58 bits per heavy atom. The van der Waals surface area contributed by atoms with Crippen molar-refractivity contribution in [3.8, 4) is 0 Å². The van der Waals surface area contributed by atoms with Gasteiger partial charge in [-0.15, -0.1) is 11.8 Å². The van der Waals surface area contributed by atoms with E-state index >= 15 is 0 Å². The van der Waals surface area contributed by atoms with Crippen molar-refractivity contribution in [1.29, 1.82) is 0 Å². The largest absolute Gasteiger partial charge is 0.368 e. The van der Waals surface area contributed by atoms with E-state index in [1.165, 1.54) is 0 Å². The molecule has 2 N–H and O–H groups in total. The molecule has 0 fully saturated rings. The summed E-state index contributed by atoms with van der Waals surface area (Å²) in [6, 6.07) is 0. The van der Waals surface area contributed by atoms with E-state index in [1.54, 1.807) is 11.8 Å². The molecule has 0 unspecified atom stereocenters. The third-order valence-corrected chi connectivity index (χ3v) is 2.60. The highest BCUT2D eigenvalue weighted by Crippen LogP contribution is 2.22. The molecule has 0 saturated carbocycles. The molecule has 66 valence electrons. The molecule has 0 amide bonds. The van der Waals surface area contributed by atoms with E-state index in [9.17, 15) is 0 Å². The summed E-state index contributed by atoms with van der Waals surface area (Å²) in [7, 11) is 0. The Morgan fingerprint density at radius 1 is 1.42 bits per heavy atom. The summed E-state index contributed by atoms with van der Waals surface area (Å²) < 4.78 is 0. The zero-order chi connectivity index (χ0) is 9.14. The summed E-state index contributed by atoms with van der Waals surface area (Å²) in [4.78, 5) is 9.43. The van der Waals surface area contributed by atoms with E-state index < -0.39 is 0 Å². The first kappa shape index (κ1) is 9.32. The summed E-state index contributed by atoms with van der Waals surface area (Å²) in [5.41, 5.74) is 7.55. The Labute approximate surface area is 76.8 Å². The maximum atomic E-state index is 5.53. The molecule has 0 spiro atoms. The summed E-state index contributed by atoms with van der Waals surface area (Å²) >= 11 is 1.67. The zero-order valence-corrected chi connectivity index (χ0v) is 8.40. The molecule has 0 saturated heterocycles. The molecular formula is C8H13N3S. The van der Waals surface area contributed by atoms with Crippen molar-refractivity contribution < 1.29 is 0 Å². The van der Waals surface area contributed by atoms with E-state index in [-0.39, 0.29) is 0 Å². The van der Waals surface area contributed by atoms with Gasteiger partial charge in [-0.05, 0) is 19.6 Å². The van der Waals surface area contributed by atoms with E-state index in [4.69, 9.17) is 5.73 Å². The Bertz CT molecular complexity index is 286. The predicted octanol–water partition coefficient (Wildman–Crippen LogP) is 1.65. The normalized spacial score (nSPS) is 10.2. The van der Waals surface area contributed by atoms with Crippen LogP contribution < -0.4 is 5.73 Å². The maximum absolute atomic E-state index is 5.53. The topological polar surface area (TPSA) is 51.8 Å². The number of rotatable bonds is 2. The van der Waals surface area contributed by atoms with Crippen molar-refractivity contribution in [2.24, 2.45) is 0 Å². The highest BCUT2D eigenvalue weighted by Gasteiger charge is 2.06. The van der Waals surface area contributed by atoms with Gasteiger partial charge in [0.1, 0.15) is 0 Å². The van der Waals surface area contributed by atoms with Gasteiger partial charge < -0.3 is 5.73 Å².